The summed E-state index contributed by atoms with van der Waals surface area (Å²) in [5.74, 6) is 0.330. The van der Waals surface area contributed by atoms with Crippen LogP contribution in [0, 0.1) is 5.92 Å². The number of benzene rings is 1. The van der Waals surface area contributed by atoms with Crippen LogP contribution in [0.3, 0.4) is 0 Å². The smallest absolute Gasteiger partial charge is 0.220 e. The molecule has 1 aromatic carbocycles. The molecular weight excluding hydrogens is 202 g/mol. The highest BCUT2D eigenvalue weighted by atomic mass is 16.3. The zero-order chi connectivity index (χ0) is 11.3. The summed E-state index contributed by atoms with van der Waals surface area (Å²) in [6.07, 6.45) is 0.830. The number of nitrogens with zero attached hydrogens (tertiary/aromatic N) is 1. The minimum absolute atomic E-state index is 0.0504. The quantitative estimate of drug-likeness (QED) is 0.771. The molecule has 0 spiro atoms. The molecule has 1 saturated heterocycles. The first-order valence-corrected chi connectivity index (χ1v) is 5.67. The Hall–Kier alpha value is -1.35. The van der Waals surface area contributed by atoms with Crippen LogP contribution in [0.5, 0.6) is 0 Å². The zero-order valence-electron chi connectivity index (χ0n) is 9.26. The van der Waals surface area contributed by atoms with E-state index in [1.54, 1.807) is 11.8 Å². The highest BCUT2D eigenvalue weighted by Crippen LogP contribution is 2.59. The number of carbonyl (C=O) groups is 1. The average molecular weight is 217 g/mol. The van der Waals surface area contributed by atoms with E-state index in [9.17, 15) is 9.90 Å². The maximum Gasteiger partial charge on any atom is 0.220 e. The highest BCUT2D eigenvalue weighted by molar-refractivity contribution is 5.75. The summed E-state index contributed by atoms with van der Waals surface area (Å²) < 4.78 is 0. The van der Waals surface area contributed by atoms with E-state index in [0.717, 1.165) is 12.0 Å². The summed E-state index contributed by atoms with van der Waals surface area (Å²) in [6.45, 7) is 2.27. The van der Waals surface area contributed by atoms with Gasteiger partial charge < -0.3 is 10.0 Å². The molecule has 0 aromatic heterocycles. The molecule has 3 atom stereocenters. The molecular formula is C13H15NO2. The van der Waals surface area contributed by atoms with Gasteiger partial charge in [0.25, 0.3) is 0 Å². The molecule has 3 unspecified atom stereocenters. The van der Waals surface area contributed by atoms with Crippen molar-refractivity contribution in [1.82, 2.24) is 4.90 Å². The summed E-state index contributed by atoms with van der Waals surface area (Å²) in [7, 11) is 0. The summed E-state index contributed by atoms with van der Waals surface area (Å²) in [6, 6.07) is 9.68. The van der Waals surface area contributed by atoms with Gasteiger partial charge in [0.2, 0.25) is 5.91 Å². The lowest BCUT2D eigenvalue weighted by Crippen LogP contribution is -2.35. The van der Waals surface area contributed by atoms with Crippen LogP contribution in [0.4, 0.5) is 0 Å². The predicted octanol–water partition coefficient (Wildman–Crippen LogP) is 1.34. The lowest BCUT2D eigenvalue weighted by atomic mass is 9.99. The molecule has 0 radical (unpaired) electrons. The first-order chi connectivity index (χ1) is 7.63. The van der Waals surface area contributed by atoms with E-state index in [2.05, 4.69) is 0 Å². The Kier molecular flexibility index (Phi) is 1.89. The maximum absolute atomic E-state index is 11.6. The minimum Gasteiger partial charge on any atom is -0.387 e. The lowest BCUT2D eigenvalue weighted by molar-refractivity contribution is -0.132. The fourth-order valence-electron chi connectivity index (χ4n) is 2.92. The Morgan fingerprint density at radius 3 is 2.75 bits per heavy atom. The SMILES string of the molecule is CC(=O)N1CC2CC2(O)C1c1ccccc1. The second kappa shape index (κ2) is 3.08. The average Bonchev–Trinajstić information content (AvgIpc) is 2.82. The largest absolute Gasteiger partial charge is 0.387 e. The number of carbonyl (C=O) groups excluding carboxylic acids is 1. The van der Waals surface area contributed by atoms with Gasteiger partial charge in [-0.2, -0.15) is 0 Å². The molecule has 3 heteroatoms. The standard InChI is InChI=1S/C13H15NO2/c1-9(15)14-8-11-7-13(11,16)12(14)10-5-3-2-4-6-10/h2-6,11-12,16H,7-8H2,1H3. The normalized spacial score (nSPS) is 36.0. The van der Waals surface area contributed by atoms with Crippen molar-refractivity contribution >= 4 is 5.91 Å². The van der Waals surface area contributed by atoms with Crippen LogP contribution in [0.2, 0.25) is 0 Å². The van der Waals surface area contributed by atoms with Crippen molar-refractivity contribution in [2.45, 2.75) is 25.0 Å². The Labute approximate surface area is 94.7 Å². The summed E-state index contributed by atoms with van der Waals surface area (Å²) in [5, 5.41) is 10.4. The number of hydrogen-bond donors (Lipinski definition) is 1. The molecule has 84 valence electrons. The third kappa shape index (κ3) is 1.21. The van der Waals surface area contributed by atoms with Crippen LogP contribution >= 0.6 is 0 Å². The van der Waals surface area contributed by atoms with Gasteiger partial charge in [0.1, 0.15) is 0 Å². The fourth-order valence-corrected chi connectivity index (χ4v) is 2.92. The van der Waals surface area contributed by atoms with E-state index < -0.39 is 5.60 Å². The van der Waals surface area contributed by atoms with Gasteiger partial charge in [0.05, 0.1) is 11.6 Å². The van der Waals surface area contributed by atoms with Gasteiger partial charge in [-0.1, -0.05) is 30.3 Å². The predicted molar refractivity (Wildman–Crippen MR) is 59.6 cm³/mol. The summed E-state index contributed by atoms with van der Waals surface area (Å²) in [5.41, 5.74) is 0.382. The van der Waals surface area contributed by atoms with E-state index in [1.807, 2.05) is 30.3 Å². The Balaban J connectivity index is 2.00. The van der Waals surface area contributed by atoms with E-state index in [1.165, 1.54) is 0 Å². The van der Waals surface area contributed by atoms with Crippen molar-refractivity contribution < 1.29 is 9.90 Å². The first-order valence-electron chi connectivity index (χ1n) is 5.67. The van der Waals surface area contributed by atoms with Crippen molar-refractivity contribution in [3.63, 3.8) is 0 Å². The molecule has 1 N–H and O–H groups in total. The third-order valence-electron chi connectivity index (χ3n) is 3.84. The number of likely N-dealkylation sites (tertiary alicyclic amines) is 1. The molecule has 2 fully saturated rings. The molecule has 1 aromatic rings. The zero-order valence-corrected chi connectivity index (χ0v) is 9.26. The second-order valence-corrected chi connectivity index (χ2v) is 4.88. The Morgan fingerprint density at radius 1 is 1.44 bits per heavy atom. The molecule has 1 aliphatic heterocycles. The Bertz CT molecular complexity index is 431. The van der Waals surface area contributed by atoms with Gasteiger partial charge in [-0.3, -0.25) is 4.79 Å². The van der Waals surface area contributed by atoms with E-state index in [-0.39, 0.29) is 17.9 Å². The molecule has 1 heterocycles. The van der Waals surface area contributed by atoms with Gasteiger partial charge in [-0.25, -0.2) is 0 Å². The molecule has 1 aliphatic carbocycles. The molecule has 1 amide bonds. The molecule has 3 rings (SSSR count). The van der Waals surface area contributed by atoms with E-state index in [0.29, 0.717) is 6.54 Å². The first kappa shape index (κ1) is 9.85. The summed E-state index contributed by atoms with van der Waals surface area (Å²) in [4.78, 5) is 13.3. The van der Waals surface area contributed by atoms with Gasteiger partial charge in [-0.15, -0.1) is 0 Å². The molecule has 1 saturated carbocycles. The van der Waals surface area contributed by atoms with E-state index >= 15 is 0 Å². The monoisotopic (exact) mass is 217 g/mol. The minimum atomic E-state index is -0.660. The van der Waals surface area contributed by atoms with Crippen LogP contribution in [-0.2, 0) is 4.79 Å². The van der Waals surface area contributed by atoms with Crippen LogP contribution in [0.1, 0.15) is 24.9 Å². The van der Waals surface area contributed by atoms with Gasteiger partial charge in [0, 0.05) is 19.4 Å². The molecule has 0 bridgehead atoms. The van der Waals surface area contributed by atoms with Gasteiger partial charge >= 0.3 is 0 Å². The van der Waals surface area contributed by atoms with Crippen LogP contribution in [0.15, 0.2) is 30.3 Å². The number of hydrogen-bond acceptors (Lipinski definition) is 2. The fraction of sp³-hybridized carbons (Fsp3) is 0.462. The van der Waals surface area contributed by atoms with Gasteiger partial charge in [-0.05, 0) is 12.0 Å². The van der Waals surface area contributed by atoms with Gasteiger partial charge in [0.15, 0.2) is 0 Å². The van der Waals surface area contributed by atoms with Crippen molar-refractivity contribution in [2.75, 3.05) is 6.54 Å². The van der Waals surface area contributed by atoms with Crippen LogP contribution in [-0.4, -0.2) is 28.1 Å². The maximum atomic E-state index is 11.6. The molecule has 3 nitrogen and oxygen atoms in total. The number of amides is 1. The van der Waals surface area contributed by atoms with Crippen LogP contribution in [0.25, 0.3) is 0 Å². The summed E-state index contributed by atoms with van der Waals surface area (Å²) >= 11 is 0. The van der Waals surface area contributed by atoms with Crippen molar-refractivity contribution in [1.29, 1.82) is 0 Å². The topological polar surface area (TPSA) is 40.5 Å². The lowest BCUT2D eigenvalue weighted by Gasteiger charge is -2.29. The molecule has 16 heavy (non-hydrogen) atoms. The van der Waals surface area contributed by atoms with Crippen molar-refractivity contribution in [2.24, 2.45) is 5.92 Å². The van der Waals surface area contributed by atoms with Crippen LogP contribution < -0.4 is 0 Å². The molecule has 2 aliphatic rings. The van der Waals surface area contributed by atoms with Crippen molar-refractivity contribution in [3.8, 4) is 0 Å². The number of rotatable bonds is 1. The van der Waals surface area contributed by atoms with Crippen molar-refractivity contribution in [3.05, 3.63) is 35.9 Å². The third-order valence-corrected chi connectivity index (χ3v) is 3.84. The highest BCUT2D eigenvalue weighted by Gasteiger charge is 2.66. The number of fused-ring (bicyclic) bond motifs is 1. The number of aliphatic hydroxyl groups is 1. The van der Waals surface area contributed by atoms with E-state index in [4.69, 9.17) is 0 Å². The Morgan fingerprint density at radius 2 is 2.12 bits per heavy atom. The second-order valence-electron chi connectivity index (χ2n) is 4.88. The number of piperidine rings is 1.